The van der Waals surface area contributed by atoms with Crippen LogP contribution in [0.1, 0.15) is 17.5 Å². The van der Waals surface area contributed by atoms with Gasteiger partial charge in [0.25, 0.3) is 0 Å². The Morgan fingerprint density at radius 2 is 1.22 bits per heavy atom. The van der Waals surface area contributed by atoms with Crippen LogP contribution in [-0.4, -0.2) is 35.6 Å². The third kappa shape index (κ3) is 3.55. The Balaban J connectivity index is 1.74. The third-order valence-electron chi connectivity index (χ3n) is 4.29. The molecule has 2 aromatic heterocycles. The second-order valence-corrected chi connectivity index (χ2v) is 5.95. The first-order chi connectivity index (χ1) is 13.3. The standard InChI is InChI=1S/C21H18N4O2/c1-26-14-7-9-22-20(11-14)24-18-13-19(17-6-4-3-5-16(17)18)25-21-12-15(27-2)8-10-23-21/h3-12H,13H2,1-2H3. The van der Waals surface area contributed by atoms with E-state index in [2.05, 4.69) is 22.1 Å². The summed E-state index contributed by atoms with van der Waals surface area (Å²) in [7, 11) is 3.26. The Labute approximate surface area is 157 Å². The van der Waals surface area contributed by atoms with E-state index in [1.165, 1.54) is 0 Å². The van der Waals surface area contributed by atoms with Crippen LogP contribution in [0.2, 0.25) is 0 Å². The molecule has 0 saturated heterocycles. The molecule has 1 aliphatic carbocycles. The molecule has 0 spiro atoms. The predicted molar refractivity (Wildman–Crippen MR) is 105 cm³/mol. The average molecular weight is 358 g/mol. The molecule has 6 nitrogen and oxygen atoms in total. The average Bonchev–Trinajstić information content (AvgIpc) is 3.05. The van der Waals surface area contributed by atoms with Gasteiger partial charge in [-0.2, -0.15) is 0 Å². The molecule has 1 aliphatic rings. The summed E-state index contributed by atoms with van der Waals surface area (Å²) in [6.45, 7) is 0. The highest BCUT2D eigenvalue weighted by atomic mass is 16.5. The number of hydrogen-bond acceptors (Lipinski definition) is 6. The number of fused-ring (bicyclic) bond motifs is 1. The van der Waals surface area contributed by atoms with E-state index >= 15 is 0 Å². The fraction of sp³-hybridized carbons (Fsp3) is 0.143. The summed E-state index contributed by atoms with van der Waals surface area (Å²) in [4.78, 5) is 18.1. The lowest BCUT2D eigenvalue weighted by Gasteiger charge is -2.01. The van der Waals surface area contributed by atoms with Gasteiger partial charge in [-0.25, -0.2) is 20.0 Å². The van der Waals surface area contributed by atoms with E-state index in [1.54, 1.807) is 38.7 Å². The maximum absolute atomic E-state index is 5.26. The van der Waals surface area contributed by atoms with Gasteiger partial charge in [0.2, 0.25) is 0 Å². The highest BCUT2D eigenvalue weighted by molar-refractivity contribution is 6.28. The Kier molecular flexibility index (Phi) is 4.61. The molecule has 6 heteroatoms. The van der Waals surface area contributed by atoms with Crippen LogP contribution in [0.4, 0.5) is 11.6 Å². The smallest absolute Gasteiger partial charge is 0.155 e. The minimum Gasteiger partial charge on any atom is -0.497 e. The molecular formula is C21H18N4O2. The summed E-state index contributed by atoms with van der Waals surface area (Å²) in [5, 5.41) is 0. The molecule has 0 N–H and O–H groups in total. The first-order valence-electron chi connectivity index (χ1n) is 8.52. The van der Waals surface area contributed by atoms with E-state index in [9.17, 15) is 0 Å². The molecular weight excluding hydrogens is 340 g/mol. The number of hydrogen-bond donors (Lipinski definition) is 0. The minimum absolute atomic E-state index is 0.608. The molecule has 3 aromatic rings. The maximum Gasteiger partial charge on any atom is 0.155 e. The van der Waals surface area contributed by atoms with Crippen molar-refractivity contribution < 1.29 is 9.47 Å². The molecule has 1 aromatic carbocycles. The van der Waals surface area contributed by atoms with Crippen molar-refractivity contribution in [2.24, 2.45) is 9.98 Å². The van der Waals surface area contributed by atoms with Crippen molar-refractivity contribution in [1.29, 1.82) is 0 Å². The van der Waals surface area contributed by atoms with Crippen molar-refractivity contribution >= 4 is 23.1 Å². The van der Waals surface area contributed by atoms with E-state index in [0.717, 1.165) is 34.0 Å². The summed E-state index contributed by atoms with van der Waals surface area (Å²) in [6, 6.07) is 15.3. The summed E-state index contributed by atoms with van der Waals surface area (Å²) in [5.41, 5.74) is 3.97. The number of pyridine rings is 2. The van der Waals surface area contributed by atoms with Crippen LogP contribution in [0, 0.1) is 0 Å². The molecule has 0 fully saturated rings. The van der Waals surface area contributed by atoms with E-state index in [0.29, 0.717) is 18.1 Å². The molecule has 0 amide bonds. The molecule has 134 valence electrons. The fourth-order valence-electron chi connectivity index (χ4n) is 2.99. The Bertz CT molecular complexity index is 961. The Hall–Kier alpha value is -3.54. The molecule has 0 radical (unpaired) electrons. The molecule has 0 atom stereocenters. The van der Waals surface area contributed by atoms with Gasteiger partial charge in [0, 0.05) is 42.1 Å². The van der Waals surface area contributed by atoms with E-state index in [1.807, 2.05) is 24.3 Å². The lowest BCUT2D eigenvalue weighted by molar-refractivity contribution is 0.414. The summed E-state index contributed by atoms with van der Waals surface area (Å²) in [5.74, 6) is 2.68. The van der Waals surface area contributed by atoms with Gasteiger partial charge in [-0.05, 0) is 12.1 Å². The summed E-state index contributed by atoms with van der Waals surface area (Å²) >= 11 is 0. The number of aliphatic imine (C=N–C) groups is 2. The van der Waals surface area contributed by atoms with Crippen LogP contribution in [-0.2, 0) is 0 Å². The van der Waals surface area contributed by atoms with Crippen molar-refractivity contribution in [2.75, 3.05) is 14.2 Å². The van der Waals surface area contributed by atoms with Gasteiger partial charge in [-0.3, -0.25) is 0 Å². The zero-order valence-electron chi connectivity index (χ0n) is 15.1. The van der Waals surface area contributed by atoms with E-state index in [-0.39, 0.29) is 0 Å². The second kappa shape index (κ2) is 7.37. The Morgan fingerprint density at radius 3 is 1.67 bits per heavy atom. The number of aromatic nitrogens is 2. The first kappa shape index (κ1) is 16.9. The third-order valence-corrected chi connectivity index (χ3v) is 4.29. The number of ether oxygens (including phenoxy) is 2. The monoisotopic (exact) mass is 358 g/mol. The van der Waals surface area contributed by atoms with Gasteiger partial charge < -0.3 is 9.47 Å². The number of rotatable bonds is 4. The van der Waals surface area contributed by atoms with Crippen molar-refractivity contribution in [3.63, 3.8) is 0 Å². The van der Waals surface area contributed by atoms with Gasteiger partial charge in [0.15, 0.2) is 11.6 Å². The van der Waals surface area contributed by atoms with Crippen LogP contribution in [0.5, 0.6) is 11.5 Å². The van der Waals surface area contributed by atoms with E-state index < -0.39 is 0 Å². The van der Waals surface area contributed by atoms with Crippen molar-refractivity contribution in [3.8, 4) is 11.5 Å². The summed E-state index contributed by atoms with van der Waals surface area (Å²) in [6.07, 6.45) is 3.99. The van der Waals surface area contributed by atoms with Crippen LogP contribution in [0.3, 0.4) is 0 Å². The van der Waals surface area contributed by atoms with Crippen LogP contribution < -0.4 is 9.47 Å². The SMILES string of the molecule is COc1ccnc(N=C2CC(=Nc3cc(OC)ccn3)c3ccccc32)c1. The normalized spacial score (nSPS) is 15.8. The molecule has 2 heterocycles. The molecule has 0 unspecified atom stereocenters. The number of methoxy groups -OCH3 is 2. The fourth-order valence-corrected chi connectivity index (χ4v) is 2.99. The molecule has 0 saturated carbocycles. The van der Waals surface area contributed by atoms with Crippen molar-refractivity contribution in [2.45, 2.75) is 6.42 Å². The Morgan fingerprint density at radius 1 is 0.741 bits per heavy atom. The van der Waals surface area contributed by atoms with Crippen LogP contribution in [0.15, 0.2) is 70.9 Å². The lowest BCUT2D eigenvalue weighted by Crippen LogP contribution is -1.96. The molecule has 0 aliphatic heterocycles. The van der Waals surface area contributed by atoms with Gasteiger partial charge in [-0.15, -0.1) is 0 Å². The van der Waals surface area contributed by atoms with Gasteiger partial charge in [-0.1, -0.05) is 24.3 Å². The highest BCUT2D eigenvalue weighted by Crippen LogP contribution is 2.28. The predicted octanol–water partition coefficient (Wildman–Crippen LogP) is 4.14. The zero-order chi connectivity index (χ0) is 18.6. The lowest BCUT2D eigenvalue weighted by atomic mass is 10.1. The topological polar surface area (TPSA) is 69.0 Å². The quantitative estimate of drug-likeness (QED) is 0.703. The van der Waals surface area contributed by atoms with Crippen LogP contribution >= 0.6 is 0 Å². The molecule has 27 heavy (non-hydrogen) atoms. The van der Waals surface area contributed by atoms with Gasteiger partial charge in [0.05, 0.1) is 25.6 Å². The molecule has 4 rings (SSSR count). The van der Waals surface area contributed by atoms with Gasteiger partial charge >= 0.3 is 0 Å². The van der Waals surface area contributed by atoms with Crippen molar-refractivity contribution in [3.05, 3.63) is 72.1 Å². The first-order valence-corrected chi connectivity index (χ1v) is 8.52. The van der Waals surface area contributed by atoms with Crippen LogP contribution in [0.25, 0.3) is 0 Å². The molecule has 0 bridgehead atoms. The summed E-state index contributed by atoms with van der Waals surface area (Å²) < 4.78 is 10.5. The van der Waals surface area contributed by atoms with Gasteiger partial charge in [0.1, 0.15) is 11.5 Å². The zero-order valence-corrected chi connectivity index (χ0v) is 15.1. The number of nitrogens with zero attached hydrogens (tertiary/aromatic N) is 4. The largest absolute Gasteiger partial charge is 0.497 e. The second-order valence-electron chi connectivity index (χ2n) is 5.95. The van der Waals surface area contributed by atoms with Crippen molar-refractivity contribution in [1.82, 2.24) is 9.97 Å². The maximum atomic E-state index is 5.26. The highest BCUT2D eigenvalue weighted by Gasteiger charge is 2.24. The number of benzene rings is 1. The minimum atomic E-state index is 0.608. The van der Waals surface area contributed by atoms with E-state index in [4.69, 9.17) is 19.5 Å².